The van der Waals surface area contributed by atoms with E-state index in [1.807, 2.05) is 19.1 Å². The van der Waals surface area contributed by atoms with Gasteiger partial charge in [0.05, 0.1) is 11.8 Å². The molecule has 0 aliphatic heterocycles. The number of benzene rings is 2. The lowest BCUT2D eigenvalue weighted by Gasteiger charge is -2.17. The third-order valence-electron chi connectivity index (χ3n) is 3.69. The molecule has 0 radical (unpaired) electrons. The van der Waals surface area contributed by atoms with E-state index < -0.39 is 0 Å². The van der Waals surface area contributed by atoms with Crippen molar-refractivity contribution in [3.05, 3.63) is 69.2 Å². The summed E-state index contributed by atoms with van der Waals surface area (Å²) in [4.78, 5) is 12.1. The lowest BCUT2D eigenvalue weighted by Crippen LogP contribution is -2.28. The van der Waals surface area contributed by atoms with Gasteiger partial charge in [-0.15, -0.1) is 11.8 Å². The van der Waals surface area contributed by atoms with Gasteiger partial charge in [-0.1, -0.05) is 51.8 Å². The van der Waals surface area contributed by atoms with Crippen LogP contribution in [-0.4, -0.2) is 11.7 Å². The van der Waals surface area contributed by atoms with Crippen LogP contribution < -0.4 is 5.32 Å². The molecular weight excluding hydrogens is 370 g/mol. The second-order valence-corrected chi connectivity index (χ2v) is 7.67. The van der Waals surface area contributed by atoms with E-state index in [9.17, 15) is 4.79 Å². The zero-order chi connectivity index (χ0) is 16.8. The highest BCUT2D eigenvalue weighted by Crippen LogP contribution is 2.20. The Kier molecular flexibility index (Phi) is 6.72. The number of hydrogen-bond donors (Lipinski definition) is 1. The van der Waals surface area contributed by atoms with Gasteiger partial charge in [0.1, 0.15) is 0 Å². The SMILES string of the molecule is Cc1ccc(C)c(C(C)NC(=O)CSCc2ccc(Br)cc2)c1. The van der Waals surface area contributed by atoms with Gasteiger partial charge in [0.2, 0.25) is 5.91 Å². The lowest BCUT2D eigenvalue weighted by molar-refractivity contribution is -0.119. The maximum Gasteiger partial charge on any atom is 0.230 e. The fraction of sp³-hybridized carbons (Fsp3) is 0.316. The van der Waals surface area contributed by atoms with Crippen molar-refractivity contribution < 1.29 is 4.79 Å². The van der Waals surface area contributed by atoms with Crippen molar-refractivity contribution >= 4 is 33.6 Å². The van der Waals surface area contributed by atoms with Gasteiger partial charge in [0.15, 0.2) is 0 Å². The van der Waals surface area contributed by atoms with E-state index in [2.05, 4.69) is 65.4 Å². The number of hydrogen-bond acceptors (Lipinski definition) is 2. The highest BCUT2D eigenvalue weighted by atomic mass is 79.9. The van der Waals surface area contributed by atoms with Crippen LogP contribution in [0.2, 0.25) is 0 Å². The van der Waals surface area contributed by atoms with Crippen molar-refractivity contribution in [3.8, 4) is 0 Å². The van der Waals surface area contributed by atoms with E-state index in [1.165, 1.54) is 22.3 Å². The largest absolute Gasteiger partial charge is 0.349 e. The lowest BCUT2D eigenvalue weighted by atomic mass is 10.00. The molecule has 0 bridgehead atoms. The van der Waals surface area contributed by atoms with Crippen LogP contribution in [0.3, 0.4) is 0 Å². The molecule has 0 saturated carbocycles. The Bertz CT molecular complexity index is 670. The number of nitrogens with one attached hydrogen (secondary N) is 1. The first-order chi connectivity index (χ1) is 11.0. The van der Waals surface area contributed by atoms with Gasteiger partial charge >= 0.3 is 0 Å². The summed E-state index contributed by atoms with van der Waals surface area (Å²) in [6.45, 7) is 6.20. The Morgan fingerprint density at radius 1 is 1.17 bits per heavy atom. The Hall–Kier alpha value is -1.26. The molecule has 0 heterocycles. The average Bonchev–Trinajstić information content (AvgIpc) is 2.51. The van der Waals surface area contributed by atoms with Crippen molar-refractivity contribution in [3.63, 3.8) is 0 Å². The molecule has 1 amide bonds. The Morgan fingerprint density at radius 3 is 2.57 bits per heavy atom. The van der Waals surface area contributed by atoms with Gasteiger partial charge in [0.25, 0.3) is 0 Å². The second-order valence-electron chi connectivity index (χ2n) is 5.77. The minimum atomic E-state index is 0.0377. The molecule has 0 spiro atoms. The quantitative estimate of drug-likeness (QED) is 0.734. The monoisotopic (exact) mass is 391 g/mol. The third-order valence-corrected chi connectivity index (χ3v) is 5.23. The number of thioether (sulfide) groups is 1. The van der Waals surface area contributed by atoms with E-state index in [0.717, 1.165) is 10.2 Å². The maximum atomic E-state index is 12.1. The summed E-state index contributed by atoms with van der Waals surface area (Å²) in [7, 11) is 0. The molecule has 0 saturated heterocycles. The van der Waals surface area contributed by atoms with Crippen LogP contribution in [-0.2, 0) is 10.5 Å². The fourth-order valence-electron chi connectivity index (χ4n) is 2.43. The van der Waals surface area contributed by atoms with Crippen LogP contribution in [0.1, 0.15) is 35.2 Å². The summed E-state index contributed by atoms with van der Waals surface area (Å²) in [5.74, 6) is 1.41. The first kappa shape index (κ1) is 18.1. The molecule has 2 nitrogen and oxygen atoms in total. The molecule has 2 aromatic rings. The number of halogens is 1. The molecule has 1 unspecified atom stereocenters. The van der Waals surface area contributed by atoms with Crippen LogP contribution in [0.5, 0.6) is 0 Å². The van der Waals surface area contributed by atoms with E-state index in [1.54, 1.807) is 11.8 Å². The van der Waals surface area contributed by atoms with Gasteiger partial charge < -0.3 is 5.32 Å². The predicted octanol–water partition coefficient (Wildman–Crippen LogP) is 5.18. The molecule has 4 heteroatoms. The third kappa shape index (κ3) is 5.70. The predicted molar refractivity (Wildman–Crippen MR) is 103 cm³/mol. The summed E-state index contributed by atoms with van der Waals surface area (Å²) in [6, 6.07) is 14.6. The Morgan fingerprint density at radius 2 is 1.87 bits per heavy atom. The highest BCUT2D eigenvalue weighted by Gasteiger charge is 2.12. The Labute approximate surface area is 151 Å². The molecule has 122 valence electrons. The smallest absolute Gasteiger partial charge is 0.230 e. The van der Waals surface area contributed by atoms with Gasteiger partial charge in [0, 0.05) is 10.2 Å². The molecule has 0 aliphatic rings. The number of carbonyl (C=O) groups is 1. The summed E-state index contributed by atoms with van der Waals surface area (Å²) in [5.41, 5.74) is 4.85. The molecule has 0 aromatic heterocycles. The van der Waals surface area contributed by atoms with Crippen LogP contribution in [0.15, 0.2) is 46.9 Å². The molecule has 1 atom stereocenters. The normalized spacial score (nSPS) is 12.0. The van der Waals surface area contributed by atoms with E-state index in [0.29, 0.717) is 5.75 Å². The summed E-state index contributed by atoms with van der Waals surface area (Å²) < 4.78 is 1.08. The summed E-state index contributed by atoms with van der Waals surface area (Å²) in [6.07, 6.45) is 0. The van der Waals surface area contributed by atoms with Gasteiger partial charge in [-0.3, -0.25) is 4.79 Å². The highest BCUT2D eigenvalue weighted by molar-refractivity contribution is 9.10. The van der Waals surface area contributed by atoms with E-state index in [-0.39, 0.29) is 11.9 Å². The van der Waals surface area contributed by atoms with Gasteiger partial charge in [-0.2, -0.15) is 0 Å². The topological polar surface area (TPSA) is 29.1 Å². The second kappa shape index (κ2) is 8.55. The maximum absolute atomic E-state index is 12.1. The van der Waals surface area contributed by atoms with Crippen molar-refractivity contribution in [2.75, 3.05) is 5.75 Å². The molecular formula is C19H22BrNOS. The first-order valence-electron chi connectivity index (χ1n) is 7.64. The van der Waals surface area contributed by atoms with Crippen molar-refractivity contribution in [2.45, 2.75) is 32.6 Å². The summed E-state index contributed by atoms with van der Waals surface area (Å²) >= 11 is 5.06. The summed E-state index contributed by atoms with van der Waals surface area (Å²) in [5, 5.41) is 3.09. The average molecular weight is 392 g/mol. The van der Waals surface area contributed by atoms with E-state index in [4.69, 9.17) is 0 Å². The minimum absolute atomic E-state index is 0.0377. The van der Waals surface area contributed by atoms with Crippen LogP contribution in [0.25, 0.3) is 0 Å². The van der Waals surface area contributed by atoms with Crippen molar-refractivity contribution in [1.29, 1.82) is 0 Å². The standard InChI is InChI=1S/C19H22BrNOS/c1-13-4-5-14(2)18(10-13)15(3)21-19(22)12-23-11-16-6-8-17(20)9-7-16/h4-10,15H,11-12H2,1-3H3,(H,21,22). The zero-order valence-electron chi connectivity index (χ0n) is 13.7. The molecule has 0 fully saturated rings. The number of amides is 1. The fourth-order valence-corrected chi connectivity index (χ4v) is 3.49. The van der Waals surface area contributed by atoms with Crippen LogP contribution in [0, 0.1) is 13.8 Å². The van der Waals surface area contributed by atoms with E-state index >= 15 is 0 Å². The number of rotatable bonds is 6. The first-order valence-corrected chi connectivity index (χ1v) is 9.59. The van der Waals surface area contributed by atoms with Gasteiger partial charge in [-0.05, 0) is 49.6 Å². The van der Waals surface area contributed by atoms with Crippen LogP contribution in [0.4, 0.5) is 0 Å². The number of aryl methyl sites for hydroxylation is 2. The Balaban J connectivity index is 1.82. The molecule has 0 aliphatic carbocycles. The van der Waals surface area contributed by atoms with Crippen LogP contribution >= 0.6 is 27.7 Å². The number of carbonyl (C=O) groups excluding carboxylic acids is 1. The molecule has 23 heavy (non-hydrogen) atoms. The van der Waals surface area contributed by atoms with Crippen molar-refractivity contribution in [2.24, 2.45) is 0 Å². The molecule has 2 aromatic carbocycles. The molecule has 2 rings (SSSR count). The molecule has 1 N–H and O–H groups in total. The zero-order valence-corrected chi connectivity index (χ0v) is 16.1. The minimum Gasteiger partial charge on any atom is -0.349 e. The van der Waals surface area contributed by atoms with Gasteiger partial charge in [-0.25, -0.2) is 0 Å². The van der Waals surface area contributed by atoms with Crippen molar-refractivity contribution in [1.82, 2.24) is 5.32 Å².